The average molecular weight is 236 g/mol. The fourth-order valence-corrected chi connectivity index (χ4v) is 1.35. The second-order valence-electron chi connectivity index (χ2n) is 1.80. The summed E-state index contributed by atoms with van der Waals surface area (Å²) in [5, 5.41) is 8.66. The molecule has 1 heterocycles. The maximum Gasteiger partial charge on any atom is 0.354 e. The van der Waals surface area contributed by atoms with Crippen molar-refractivity contribution in [3.63, 3.8) is 0 Å². The summed E-state index contributed by atoms with van der Waals surface area (Å²) in [4.78, 5) is 13.9. The van der Waals surface area contributed by atoms with Crippen molar-refractivity contribution < 1.29 is 9.90 Å². The lowest BCUT2D eigenvalue weighted by Crippen LogP contribution is -1.99. The highest BCUT2D eigenvalue weighted by atomic mass is 79.9. The predicted octanol–water partition coefficient (Wildman–Crippen LogP) is 2.20. The van der Waals surface area contributed by atoms with Crippen molar-refractivity contribution in [3.05, 3.63) is 27.5 Å². The Morgan fingerprint density at radius 2 is 2.27 bits per heavy atom. The van der Waals surface area contributed by atoms with Gasteiger partial charge in [0.1, 0.15) is 5.15 Å². The topological polar surface area (TPSA) is 50.2 Å². The lowest BCUT2D eigenvalue weighted by molar-refractivity contribution is 0.0690. The van der Waals surface area contributed by atoms with E-state index in [4.69, 9.17) is 16.7 Å². The van der Waals surface area contributed by atoms with E-state index in [1.807, 2.05) is 0 Å². The van der Waals surface area contributed by atoms with Crippen molar-refractivity contribution in [3.8, 4) is 0 Å². The number of halogens is 2. The van der Waals surface area contributed by atoms with E-state index in [0.717, 1.165) is 0 Å². The second kappa shape index (κ2) is 3.19. The molecule has 1 aromatic heterocycles. The van der Waals surface area contributed by atoms with Crippen molar-refractivity contribution in [2.75, 3.05) is 0 Å². The van der Waals surface area contributed by atoms with Gasteiger partial charge in [-0.15, -0.1) is 0 Å². The van der Waals surface area contributed by atoms with Crippen molar-refractivity contribution in [2.24, 2.45) is 0 Å². The van der Waals surface area contributed by atoms with Crippen molar-refractivity contribution in [2.45, 2.75) is 0 Å². The number of carbonyl (C=O) groups is 1. The molecule has 1 aromatic rings. The summed E-state index contributed by atoms with van der Waals surface area (Å²) in [6, 6.07) is 2.90. The summed E-state index contributed by atoms with van der Waals surface area (Å²) in [7, 11) is 0. The number of aromatic carboxylic acids is 1. The van der Waals surface area contributed by atoms with E-state index in [-0.39, 0.29) is 10.8 Å². The Balaban J connectivity index is 3.19. The van der Waals surface area contributed by atoms with Gasteiger partial charge in [0, 0.05) is 4.47 Å². The van der Waals surface area contributed by atoms with E-state index in [2.05, 4.69) is 20.9 Å². The van der Waals surface area contributed by atoms with Crippen LogP contribution >= 0.6 is 27.5 Å². The molecule has 1 N–H and O–H groups in total. The molecule has 0 aromatic carbocycles. The minimum Gasteiger partial charge on any atom is -0.477 e. The first kappa shape index (κ1) is 8.49. The third-order valence-electron chi connectivity index (χ3n) is 0.978. The first-order valence-corrected chi connectivity index (χ1v) is 3.83. The summed E-state index contributed by atoms with van der Waals surface area (Å²) < 4.78 is 0.606. The minimum atomic E-state index is -1.09. The lowest BCUT2D eigenvalue weighted by atomic mass is 10.4. The lowest BCUT2D eigenvalue weighted by Gasteiger charge is -1.95. The van der Waals surface area contributed by atoms with Crippen LogP contribution in [0.5, 0.6) is 0 Å². The largest absolute Gasteiger partial charge is 0.477 e. The zero-order chi connectivity index (χ0) is 8.43. The number of aromatic nitrogens is 1. The van der Waals surface area contributed by atoms with Crippen molar-refractivity contribution >= 4 is 33.5 Å². The van der Waals surface area contributed by atoms with Gasteiger partial charge in [-0.2, -0.15) is 0 Å². The molecule has 0 radical (unpaired) electrons. The van der Waals surface area contributed by atoms with E-state index in [1.54, 1.807) is 0 Å². The van der Waals surface area contributed by atoms with Gasteiger partial charge < -0.3 is 5.11 Å². The molecule has 0 fully saturated rings. The third-order valence-corrected chi connectivity index (χ3v) is 1.63. The molecule has 0 aliphatic carbocycles. The summed E-state index contributed by atoms with van der Waals surface area (Å²) in [5.74, 6) is -1.09. The molecule has 3 nitrogen and oxygen atoms in total. The zero-order valence-electron chi connectivity index (χ0n) is 5.21. The van der Waals surface area contributed by atoms with Gasteiger partial charge >= 0.3 is 5.97 Å². The molecule has 11 heavy (non-hydrogen) atoms. The van der Waals surface area contributed by atoms with Gasteiger partial charge in [0.2, 0.25) is 0 Å². The molecule has 5 heteroatoms. The van der Waals surface area contributed by atoms with E-state index < -0.39 is 5.97 Å². The highest BCUT2D eigenvalue weighted by Crippen LogP contribution is 2.15. The molecule has 0 saturated carbocycles. The van der Waals surface area contributed by atoms with Gasteiger partial charge in [-0.25, -0.2) is 9.78 Å². The van der Waals surface area contributed by atoms with Crippen LogP contribution in [-0.2, 0) is 0 Å². The van der Waals surface area contributed by atoms with E-state index >= 15 is 0 Å². The molecule has 0 amide bonds. The highest BCUT2D eigenvalue weighted by molar-refractivity contribution is 9.10. The number of hydrogen-bond acceptors (Lipinski definition) is 2. The summed E-state index contributed by atoms with van der Waals surface area (Å²) in [5.41, 5.74) is -0.0654. The first-order chi connectivity index (χ1) is 5.09. The molecule has 0 bridgehead atoms. The van der Waals surface area contributed by atoms with E-state index in [9.17, 15) is 4.79 Å². The van der Waals surface area contributed by atoms with E-state index in [0.29, 0.717) is 4.47 Å². The van der Waals surface area contributed by atoms with Crippen LogP contribution < -0.4 is 0 Å². The van der Waals surface area contributed by atoms with Crippen molar-refractivity contribution in [1.29, 1.82) is 0 Å². The normalized spacial score (nSPS) is 9.64. The summed E-state index contributed by atoms with van der Waals surface area (Å²) >= 11 is 8.58. The maximum absolute atomic E-state index is 10.4. The second-order valence-corrected chi connectivity index (χ2v) is 3.10. The molecule has 0 aliphatic rings. The Morgan fingerprint density at radius 1 is 1.64 bits per heavy atom. The zero-order valence-corrected chi connectivity index (χ0v) is 7.56. The van der Waals surface area contributed by atoms with Gasteiger partial charge in [-0.1, -0.05) is 27.5 Å². The number of hydrogen-bond donors (Lipinski definition) is 1. The average Bonchev–Trinajstić information content (AvgIpc) is 1.85. The summed E-state index contributed by atoms with van der Waals surface area (Å²) in [6.07, 6.45) is 0. The Bertz CT molecular complexity index is 282. The number of pyridine rings is 1. The van der Waals surface area contributed by atoms with Crippen LogP contribution in [0.15, 0.2) is 16.6 Å². The van der Waals surface area contributed by atoms with Crippen LogP contribution in [0.25, 0.3) is 0 Å². The Kier molecular flexibility index (Phi) is 2.46. The standard InChI is InChI=1S/C6H3BrClNO2/c7-3-1-4(6(10)11)9-5(8)2-3/h1-2H,(H,10,11). The quantitative estimate of drug-likeness (QED) is 0.761. The Morgan fingerprint density at radius 3 is 2.73 bits per heavy atom. The first-order valence-electron chi connectivity index (χ1n) is 2.66. The molecule has 0 saturated heterocycles. The minimum absolute atomic E-state index is 0.0654. The summed E-state index contributed by atoms with van der Waals surface area (Å²) in [6.45, 7) is 0. The monoisotopic (exact) mass is 235 g/mol. The molecular weight excluding hydrogens is 233 g/mol. The fourth-order valence-electron chi connectivity index (χ4n) is 0.575. The SMILES string of the molecule is O=C(O)c1cc(Br)cc(Cl)n1. The fraction of sp³-hybridized carbons (Fsp3) is 0. The predicted molar refractivity (Wildman–Crippen MR) is 43.9 cm³/mol. The van der Waals surface area contributed by atoms with Crippen LogP contribution in [0.4, 0.5) is 0 Å². The smallest absolute Gasteiger partial charge is 0.354 e. The van der Waals surface area contributed by atoms with Gasteiger partial charge in [0.25, 0.3) is 0 Å². The van der Waals surface area contributed by atoms with Crippen LogP contribution in [-0.4, -0.2) is 16.1 Å². The molecule has 1 rings (SSSR count). The number of rotatable bonds is 1. The van der Waals surface area contributed by atoms with Gasteiger partial charge in [0.05, 0.1) is 0 Å². The van der Waals surface area contributed by atoms with Crippen LogP contribution in [0.2, 0.25) is 5.15 Å². The number of nitrogens with zero attached hydrogens (tertiary/aromatic N) is 1. The van der Waals surface area contributed by atoms with E-state index in [1.165, 1.54) is 12.1 Å². The molecular formula is C6H3BrClNO2. The Hall–Kier alpha value is -0.610. The molecule has 0 unspecified atom stereocenters. The van der Waals surface area contributed by atoms with Gasteiger partial charge in [-0.05, 0) is 12.1 Å². The molecule has 0 spiro atoms. The van der Waals surface area contributed by atoms with Crippen LogP contribution in [0, 0.1) is 0 Å². The van der Waals surface area contributed by atoms with Crippen molar-refractivity contribution in [1.82, 2.24) is 4.98 Å². The molecule has 0 atom stereocenters. The maximum atomic E-state index is 10.4. The Labute approximate surface area is 76.1 Å². The number of carboxylic acids is 1. The van der Waals surface area contributed by atoms with Gasteiger partial charge in [-0.3, -0.25) is 0 Å². The number of carboxylic acid groups (broad SMARTS) is 1. The molecule has 58 valence electrons. The molecule has 0 aliphatic heterocycles. The van der Waals surface area contributed by atoms with Crippen LogP contribution in [0.3, 0.4) is 0 Å². The third kappa shape index (κ3) is 2.17. The van der Waals surface area contributed by atoms with Crippen LogP contribution in [0.1, 0.15) is 10.5 Å². The van der Waals surface area contributed by atoms with Gasteiger partial charge in [0.15, 0.2) is 5.69 Å². The highest BCUT2D eigenvalue weighted by Gasteiger charge is 2.05.